The summed E-state index contributed by atoms with van der Waals surface area (Å²) in [5.41, 5.74) is -0.209. The normalized spacial score (nSPS) is 11.5. The van der Waals surface area contributed by atoms with Crippen LogP contribution in [0.25, 0.3) is 0 Å². The molecule has 1 aromatic carbocycles. The highest BCUT2D eigenvalue weighted by Crippen LogP contribution is 2.15. The van der Waals surface area contributed by atoms with Gasteiger partial charge in [-0.1, -0.05) is 6.92 Å². The molecule has 0 radical (unpaired) electrons. The second kappa shape index (κ2) is 8.70. The van der Waals surface area contributed by atoms with Crippen molar-refractivity contribution in [2.45, 2.75) is 32.9 Å². The minimum atomic E-state index is -1.14. The SMILES string of the molecule is CCCn1nc(C(=O)OC(C)C(=O)Nc2ccc([N+](=O)[O-])cc2)ccc1=O. The van der Waals surface area contributed by atoms with Crippen LogP contribution in [0.5, 0.6) is 0 Å². The Hall–Kier alpha value is -3.56. The van der Waals surface area contributed by atoms with Gasteiger partial charge in [-0.15, -0.1) is 0 Å². The summed E-state index contributed by atoms with van der Waals surface area (Å²) in [6.45, 7) is 3.60. The number of rotatable bonds is 7. The summed E-state index contributed by atoms with van der Waals surface area (Å²) in [5, 5.41) is 17.0. The highest BCUT2D eigenvalue weighted by Gasteiger charge is 2.20. The maximum Gasteiger partial charge on any atom is 0.359 e. The fourth-order valence-electron chi connectivity index (χ4n) is 2.11. The molecule has 0 aliphatic rings. The first-order valence-corrected chi connectivity index (χ1v) is 8.16. The van der Waals surface area contributed by atoms with E-state index in [4.69, 9.17) is 4.74 Å². The summed E-state index contributed by atoms with van der Waals surface area (Å²) in [4.78, 5) is 46.0. The van der Waals surface area contributed by atoms with Gasteiger partial charge in [0.1, 0.15) is 0 Å². The Labute approximate surface area is 153 Å². The third-order valence-electron chi connectivity index (χ3n) is 3.51. The zero-order valence-electron chi connectivity index (χ0n) is 14.7. The Kier molecular flexibility index (Phi) is 6.36. The molecule has 1 atom stereocenters. The topological polar surface area (TPSA) is 133 Å². The summed E-state index contributed by atoms with van der Waals surface area (Å²) in [6.07, 6.45) is -0.472. The van der Waals surface area contributed by atoms with E-state index in [9.17, 15) is 24.5 Å². The minimum absolute atomic E-state index is 0.0852. The van der Waals surface area contributed by atoms with Crippen LogP contribution >= 0.6 is 0 Å². The highest BCUT2D eigenvalue weighted by molar-refractivity contribution is 5.96. The number of nitrogens with one attached hydrogen (secondary N) is 1. The number of nitrogens with zero attached hydrogens (tertiary/aromatic N) is 3. The van der Waals surface area contributed by atoms with Gasteiger partial charge in [-0.3, -0.25) is 19.7 Å². The van der Waals surface area contributed by atoms with Crippen LogP contribution in [0.15, 0.2) is 41.2 Å². The molecule has 0 fully saturated rings. The molecule has 10 nitrogen and oxygen atoms in total. The molecule has 27 heavy (non-hydrogen) atoms. The summed E-state index contributed by atoms with van der Waals surface area (Å²) in [5.74, 6) is -1.45. The number of carbonyl (C=O) groups excluding carboxylic acids is 2. The van der Waals surface area contributed by atoms with Crippen LogP contribution in [-0.4, -0.2) is 32.7 Å². The number of amides is 1. The van der Waals surface area contributed by atoms with Crippen molar-refractivity contribution in [3.05, 3.63) is 62.6 Å². The fourth-order valence-corrected chi connectivity index (χ4v) is 2.11. The predicted octanol–water partition coefficient (Wildman–Crippen LogP) is 1.75. The van der Waals surface area contributed by atoms with Gasteiger partial charge in [0.2, 0.25) is 0 Å². The molecule has 142 valence electrons. The fraction of sp³-hybridized carbons (Fsp3) is 0.294. The van der Waals surface area contributed by atoms with Gasteiger partial charge in [-0.25, -0.2) is 9.48 Å². The quantitative estimate of drug-likeness (QED) is 0.443. The average Bonchev–Trinajstić information content (AvgIpc) is 2.64. The first kappa shape index (κ1) is 19.8. The molecule has 2 aromatic rings. The van der Waals surface area contributed by atoms with Gasteiger partial charge in [0, 0.05) is 30.4 Å². The first-order valence-electron chi connectivity index (χ1n) is 8.16. The number of hydrogen-bond donors (Lipinski definition) is 1. The minimum Gasteiger partial charge on any atom is -0.448 e. The van der Waals surface area contributed by atoms with Crippen LogP contribution in [0.4, 0.5) is 11.4 Å². The molecule has 0 saturated heterocycles. The number of aromatic nitrogens is 2. The van der Waals surface area contributed by atoms with Crippen molar-refractivity contribution in [3.8, 4) is 0 Å². The lowest BCUT2D eigenvalue weighted by atomic mass is 10.2. The van der Waals surface area contributed by atoms with E-state index in [-0.39, 0.29) is 16.9 Å². The van der Waals surface area contributed by atoms with Crippen LogP contribution in [0.3, 0.4) is 0 Å². The van der Waals surface area contributed by atoms with Gasteiger partial charge in [0.15, 0.2) is 11.8 Å². The summed E-state index contributed by atoms with van der Waals surface area (Å²) < 4.78 is 6.22. The maximum atomic E-state index is 12.1. The third kappa shape index (κ3) is 5.21. The third-order valence-corrected chi connectivity index (χ3v) is 3.51. The lowest BCUT2D eigenvalue weighted by Crippen LogP contribution is -2.31. The Balaban J connectivity index is 2.01. The van der Waals surface area contributed by atoms with E-state index in [0.717, 1.165) is 4.68 Å². The lowest BCUT2D eigenvalue weighted by molar-refractivity contribution is -0.384. The van der Waals surface area contributed by atoms with Crippen molar-refractivity contribution in [1.29, 1.82) is 0 Å². The van der Waals surface area contributed by atoms with Crippen molar-refractivity contribution in [1.82, 2.24) is 9.78 Å². The molecule has 2 rings (SSSR count). The zero-order valence-corrected chi connectivity index (χ0v) is 14.7. The predicted molar refractivity (Wildman–Crippen MR) is 95.4 cm³/mol. The number of benzene rings is 1. The van der Waals surface area contributed by atoms with E-state index in [0.29, 0.717) is 18.7 Å². The van der Waals surface area contributed by atoms with E-state index in [1.54, 1.807) is 0 Å². The molecule has 1 N–H and O–H groups in total. The van der Waals surface area contributed by atoms with E-state index in [1.807, 2.05) is 6.92 Å². The monoisotopic (exact) mass is 374 g/mol. The molecule has 10 heteroatoms. The van der Waals surface area contributed by atoms with Crippen LogP contribution in [-0.2, 0) is 16.1 Å². The van der Waals surface area contributed by atoms with Crippen molar-refractivity contribution in [3.63, 3.8) is 0 Å². The van der Waals surface area contributed by atoms with Gasteiger partial charge >= 0.3 is 5.97 Å². The zero-order chi connectivity index (χ0) is 20.0. The number of nitro groups is 1. The number of anilines is 1. The molecule has 1 heterocycles. The number of esters is 1. The molecular weight excluding hydrogens is 356 g/mol. The van der Waals surface area contributed by atoms with E-state index in [1.165, 1.54) is 43.3 Å². The molecule has 0 aliphatic heterocycles. The van der Waals surface area contributed by atoms with Crippen LogP contribution in [0.1, 0.15) is 30.8 Å². The Bertz CT molecular complexity index is 906. The van der Waals surface area contributed by atoms with Crippen LogP contribution in [0, 0.1) is 10.1 Å². The van der Waals surface area contributed by atoms with Gasteiger partial charge < -0.3 is 10.1 Å². The van der Waals surface area contributed by atoms with Gasteiger partial charge in [-0.05, 0) is 31.5 Å². The molecule has 1 amide bonds. The number of aryl methyl sites for hydroxylation is 1. The Morgan fingerprint density at radius 3 is 2.52 bits per heavy atom. The maximum absolute atomic E-state index is 12.1. The number of non-ortho nitro benzene ring substituents is 1. The number of ether oxygens (including phenoxy) is 1. The number of carbonyl (C=O) groups is 2. The van der Waals surface area contributed by atoms with Crippen molar-refractivity contribution in [2.24, 2.45) is 0 Å². The smallest absolute Gasteiger partial charge is 0.359 e. The second-order valence-electron chi connectivity index (χ2n) is 5.62. The molecular formula is C17H18N4O6. The molecule has 0 spiro atoms. The summed E-state index contributed by atoms with van der Waals surface area (Å²) in [7, 11) is 0. The van der Waals surface area contributed by atoms with E-state index >= 15 is 0 Å². The Morgan fingerprint density at radius 2 is 1.93 bits per heavy atom. The standard InChI is InChI=1S/C17H18N4O6/c1-3-10-20-15(22)9-8-14(19-20)17(24)27-11(2)16(23)18-12-4-6-13(7-5-12)21(25)26/h4-9,11H,3,10H2,1-2H3,(H,18,23). The van der Waals surface area contributed by atoms with Gasteiger partial charge in [-0.2, -0.15) is 5.10 Å². The number of nitro benzene ring substituents is 1. The van der Waals surface area contributed by atoms with Crippen LogP contribution < -0.4 is 10.9 Å². The Morgan fingerprint density at radius 1 is 1.26 bits per heavy atom. The number of hydrogen-bond acceptors (Lipinski definition) is 7. The van der Waals surface area contributed by atoms with Crippen LogP contribution in [0.2, 0.25) is 0 Å². The first-order chi connectivity index (χ1) is 12.8. The average molecular weight is 374 g/mol. The molecule has 1 unspecified atom stereocenters. The summed E-state index contributed by atoms with van der Waals surface area (Å²) in [6, 6.07) is 7.67. The highest BCUT2D eigenvalue weighted by atomic mass is 16.6. The second-order valence-corrected chi connectivity index (χ2v) is 5.62. The lowest BCUT2D eigenvalue weighted by Gasteiger charge is -2.13. The van der Waals surface area contributed by atoms with Crippen molar-refractivity contribution < 1.29 is 19.2 Å². The largest absolute Gasteiger partial charge is 0.448 e. The van der Waals surface area contributed by atoms with Gasteiger partial charge in [0.05, 0.1) is 4.92 Å². The molecule has 0 bridgehead atoms. The van der Waals surface area contributed by atoms with E-state index < -0.39 is 22.9 Å². The van der Waals surface area contributed by atoms with Crippen molar-refractivity contribution in [2.75, 3.05) is 5.32 Å². The molecule has 1 aromatic heterocycles. The summed E-state index contributed by atoms with van der Waals surface area (Å²) >= 11 is 0. The van der Waals surface area contributed by atoms with Crippen molar-refractivity contribution >= 4 is 23.3 Å². The van der Waals surface area contributed by atoms with Gasteiger partial charge in [0.25, 0.3) is 17.2 Å². The van der Waals surface area contributed by atoms with E-state index in [2.05, 4.69) is 10.4 Å². The molecule has 0 aliphatic carbocycles. The molecule has 0 saturated carbocycles.